The Bertz CT molecular complexity index is 533. The van der Waals surface area contributed by atoms with Crippen LogP contribution in [0.15, 0.2) is 12.3 Å². The number of carbonyl (C=O) groups is 1. The van der Waals surface area contributed by atoms with E-state index in [1.807, 2.05) is 28.9 Å². The molecule has 0 saturated heterocycles. The van der Waals surface area contributed by atoms with Crippen molar-refractivity contribution in [1.82, 2.24) is 14.7 Å². The summed E-state index contributed by atoms with van der Waals surface area (Å²) in [4.78, 5) is 14.5. The molecule has 116 valence electrons. The fourth-order valence-electron chi connectivity index (χ4n) is 3.90. The largest absolute Gasteiger partial charge is 0.381 e. The zero-order chi connectivity index (χ0) is 15.2. The van der Waals surface area contributed by atoms with Crippen molar-refractivity contribution in [3.8, 4) is 0 Å². The van der Waals surface area contributed by atoms with Crippen molar-refractivity contribution in [2.45, 2.75) is 57.7 Å². The fourth-order valence-corrected chi connectivity index (χ4v) is 3.90. The smallest absolute Gasteiger partial charge is 0.274 e. The highest BCUT2D eigenvalue weighted by atomic mass is 16.5. The minimum absolute atomic E-state index is 0.0280. The van der Waals surface area contributed by atoms with Gasteiger partial charge in [0.1, 0.15) is 5.69 Å². The van der Waals surface area contributed by atoms with Crippen LogP contribution in [-0.2, 0) is 4.74 Å². The molecule has 0 bridgehead atoms. The number of hydrogen-bond donors (Lipinski definition) is 0. The summed E-state index contributed by atoms with van der Waals surface area (Å²) in [5, 5.41) is 4.40. The lowest BCUT2D eigenvalue weighted by Crippen LogP contribution is -2.67. The maximum atomic E-state index is 12.6. The van der Waals surface area contributed by atoms with Crippen LogP contribution in [0.25, 0.3) is 0 Å². The third-order valence-corrected chi connectivity index (χ3v) is 5.46. The molecular formula is C16H25N3O2. The van der Waals surface area contributed by atoms with Crippen LogP contribution in [0, 0.1) is 5.41 Å². The van der Waals surface area contributed by atoms with Crippen LogP contribution in [-0.4, -0.2) is 46.9 Å². The molecule has 0 aliphatic heterocycles. The molecule has 3 rings (SSSR count). The van der Waals surface area contributed by atoms with E-state index in [0.717, 1.165) is 6.42 Å². The average molecular weight is 291 g/mol. The molecule has 2 fully saturated rings. The molecule has 1 aromatic heterocycles. The minimum atomic E-state index is 0.0280. The maximum absolute atomic E-state index is 12.6. The van der Waals surface area contributed by atoms with Gasteiger partial charge < -0.3 is 9.64 Å². The average Bonchev–Trinajstić information content (AvgIpc) is 2.84. The minimum Gasteiger partial charge on any atom is -0.381 e. The molecule has 2 aliphatic rings. The summed E-state index contributed by atoms with van der Waals surface area (Å²) >= 11 is 0. The van der Waals surface area contributed by atoms with E-state index >= 15 is 0 Å². The molecule has 0 aromatic carbocycles. The van der Waals surface area contributed by atoms with Crippen LogP contribution in [0.3, 0.4) is 0 Å². The summed E-state index contributed by atoms with van der Waals surface area (Å²) in [5.74, 6) is 0.0280. The molecule has 5 nitrogen and oxygen atoms in total. The van der Waals surface area contributed by atoms with Gasteiger partial charge in [-0.3, -0.25) is 9.48 Å². The lowest BCUT2D eigenvalue weighted by atomic mass is 9.50. The summed E-state index contributed by atoms with van der Waals surface area (Å²) in [6.07, 6.45) is 6.75. The van der Waals surface area contributed by atoms with Crippen molar-refractivity contribution in [2.24, 2.45) is 5.41 Å². The van der Waals surface area contributed by atoms with Gasteiger partial charge in [-0.25, -0.2) is 0 Å². The molecule has 1 aromatic rings. The number of methoxy groups -OCH3 is 1. The van der Waals surface area contributed by atoms with Crippen molar-refractivity contribution in [2.75, 3.05) is 14.2 Å². The van der Waals surface area contributed by atoms with Gasteiger partial charge in [0.25, 0.3) is 5.91 Å². The molecule has 1 heterocycles. The second-order valence-corrected chi connectivity index (χ2v) is 6.75. The number of hydrogen-bond acceptors (Lipinski definition) is 3. The first kappa shape index (κ1) is 14.6. The third kappa shape index (κ3) is 2.09. The Morgan fingerprint density at radius 2 is 2.24 bits per heavy atom. The normalized spacial score (nSPS) is 26.5. The Labute approximate surface area is 126 Å². The second-order valence-electron chi connectivity index (χ2n) is 6.75. The van der Waals surface area contributed by atoms with E-state index < -0.39 is 0 Å². The van der Waals surface area contributed by atoms with Crippen molar-refractivity contribution >= 4 is 5.91 Å². The quantitative estimate of drug-likeness (QED) is 0.856. The standard InChI is InChI=1S/C16H25N3O2/c1-11(2)19-9-6-12(17-19)15(20)18(3)13-10-14(21-4)16(13)7-5-8-16/h6,9,11,13-14H,5,7-8,10H2,1-4H3/t13-,14-/m0/s1. The van der Waals surface area contributed by atoms with E-state index in [1.54, 1.807) is 7.11 Å². The van der Waals surface area contributed by atoms with Crippen molar-refractivity contribution in [1.29, 1.82) is 0 Å². The molecule has 1 amide bonds. The SMILES string of the molecule is CO[C@H]1C[C@H](N(C)C(=O)c2ccn(C(C)C)n2)C12CCC2. The highest BCUT2D eigenvalue weighted by Crippen LogP contribution is 2.58. The van der Waals surface area contributed by atoms with Gasteiger partial charge in [0, 0.05) is 37.9 Å². The monoisotopic (exact) mass is 291 g/mol. The van der Waals surface area contributed by atoms with Gasteiger partial charge in [0.05, 0.1) is 6.10 Å². The van der Waals surface area contributed by atoms with Crippen molar-refractivity contribution < 1.29 is 9.53 Å². The van der Waals surface area contributed by atoms with E-state index in [4.69, 9.17) is 4.74 Å². The zero-order valence-corrected chi connectivity index (χ0v) is 13.4. The van der Waals surface area contributed by atoms with E-state index in [1.165, 1.54) is 19.3 Å². The lowest BCUT2D eigenvalue weighted by molar-refractivity contribution is -0.182. The van der Waals surface area contributed by atoms with Gasteiger partial charge in [0.2, 0.25) is 0 Å². The van der Waals surface area contributed by atoms with Gasteiger partial charge in [0.15, 0.2) is 0 Å². The summed E-state index contributed by atoms with van der Waals surface area (Å²) in [6.45, 7) is 4.12. The predicted octanol–water partition coefficient (Wildman–Crippen LogP) is 2.49. The Hall–Kier alpha value is -1.36. The molecule has 2 atom stereocenters. The second kappa shape index (κ2) is 5.13. The molecule has 0 N–H and O–H groups in total. The highest BCUT2D eigenvalue weighted by Gasteiger charge is 2.60. The molecule has 0 radical (unpaired) electrons. The number of carbonyl (C=O) groups excluding carboxylic acids is 1. The Kier molecular flexibility index (Phi) is 3.56. The van der Waals surface area contributed by atoms with Crippen LogP contribution in [0.5, 0.6) is 0 Å². The predicted molar refractivity (Wildman–Crippen MR) is 80.2 cm³/mol. The number of amides is 1. The maximum Gasteiger partial charge on any atom is 0.274 e. The van der Waals surface area contributed by atoms with Crippen LogP contribution >= 0.6 is 0 Å². The topological polar surface area (TPSA) is 47.4 Å². The van der Waals surface area contributed by atoms with E-state index in [-0.39, 0.29) is 17.4 Å². The van der Waals surface area contributed by atoms with E-state index in [2.05, 4.69) is 18.9 Å². The Morgan fingerprint density at radius 1 is 1.52 bits per heavy atom. The summed E-state index contributed by atoms with van der Waals surface area (Å²) in [7, 11) is 3.69. The zero-order valence-electron chi connectivity index (χ0n) is 13.4. The van der Waals surface area contributed by atoms with Crippen LogP contribution in [0.4, 0.5) is 0 Å². The van der Waals surface area contributed by atoms with Crippen LogP contribution in [0.1, 0.15) is 56.1 Å². The van der Waals surface area contributed by atoms with Gasteiger partial charge in [-0.15, -0.1) is 0 Å². The number of aromatic nitrogens is 2. The van der Waals surface area contributed by atoms with Crippen molar-refractivity contribution in [3.63, 3.8) is 0 Å². The molecule has 2 saturated carbocycles. The third-order valence-electron chi connectivity index (χ3n) is 5.46. The van der Waals surface area contributed by atoms with E-state index in [9.17, 15) is 4.79 Å². The van der Waals surface area contributed by atoms with Crippen LogP contribution in [0.2, 0.25) is 0 Å². The highest BCUT2D eigenvalue weighted by molar-refractivity contribution is 5.92. The Morgan fingerprint density at radius 3 is 2.71 bits per heavy atom. The molecular weight excluding hydrogens is 266 g/mol. The lowest BCUT2D eigenvalue weighted by Gasteiger charge is -2.62. The van der Waals surface area contributed by atoms with Gasteiger partial charge in [-0.2, -0.15) is 5.10 Å². The first-order valence-corrected chi connectivity index (χ1v) is 7.84. The van der Waals surface area contributed by atoms with Gasteiger partial charge in [-0.05, 0) is 39.2 Å². The van der Waals surface area contributed by atoms with Crippen molar-refractivity contribution in [3.05, 3.63) is 18.0 Å². The first-order valence-electron chi connectivity index (χ1n) is 7.84. The molecule has 1 spiro atoms. The fraction of sp³-hybridized carbons (Fsp3) is 0.750. The first-order chi connectivity index (χ1) is 9.99. The molecule has 21 heavy (non-hydrogen) atoms. The van der Waals surface area contributed by atoms with Gasteiger partial charge in [-0.1, -0.05) is 6.42 Å². The van der Waals surface area contributed by atoms with E-state index in [0.29, 0.717) is 17.8 Å². The molecule has 5 heteroatoms. The number of nitrogens with zero attached hydrogens (tertiary/aromatic N) is 3. The number of ether oxygens (including phenoxy) is 1. The summed E-state index contributed by atoms with van der Waals surface area (Å²) < 4.78 is 7.42. The summed E-state index contributed by atoms with van der Waals surface area (Å²) in [5.41, 5.74) is 0.751. The molecule has 0 unspecified atom stereocenters. The molecule has 2 aliphatic carbocycles. The van der Waals surface area contributed by atoms with Gasteiger partial charge >= 0.3 is 0 Å². The van der Waals surface area contributed by atoms with Crippen LogP contribution < -0.4 is 0 Å². The number of rotatable bonds is 4. The Balaban J connectivity index is 1.73. The summed E-state index contributed by atoms with van der Waals surface area (Å²) in [6, 6.07) is 2.39.